The highest BCUT2D eigenvalue weighted by molar-refractivity contribution is 9.11. The maximum Gasteiger partial charge on any atom is 0.248 e. The highest BCUT2D eigenvalue weighted by atomic mass is 79.9. The van der Waals surface area contributed by atoms with Crippen molar-refractivity contribution in [3.05, 3.63) is 68.9 Å². The number of halogens is 2. The molecule has 7 heteroatoms. The van der Waals surface area contributed by atoms with E-state index < -0.39 is 5.91 Å². The van der Waals surface area contributed by atoms with Gasteiger partial charge in [-0.2, -0.15) is 5.26 Å². The van der Waals surface area contributed by atoms with Gasteiger partial charge in [-0.25, -0.2) is 0 Å². The standard InChI is InChI=1S/C18H11Br2N3O2/c19-15-5-11(6-16(20)17(15)24)14-9-23(8-12(14)7-21)13-3-1-10(2-4-13)18(22)25/h1-6,8-9,24H,(H2,22,25). The summed E-state index contributed by atoms with van der Waals surface area (Å²) in [4.78, 5) is 11.2. The van der Waals surface area contributed by atoms with Crippen molar-refractivity contribution in [1.29, 1.82) is 5.26 Å². The van der Waals surface area contributed by atoms with Crippen LogP contribution in [-0.4, -0.2) is 15.6 Å². The van der Waals surface area contributed by atoms with E-state index in [9.17, 15) is 15.2 Å². The van der Waals surface area contributed by atoms with Gasteiger partial charge in [-0.15, -0.1) is 0 Å². The van der Waals surface area contributed by atoms with Crippen molar-refractivity contribution in [2.24, 2.45) is 5.73 Å². The summed E-state index contributed by atoms with van der Waals surface area (Å²) in [6, 6.07) is 12.5. The number of amides is 1. The first-order valence-corrected chi connectivity index (χ1v) is 8.70. The van der Waals surface area contributed by atoms with Crippen molar-refractivity contribution in [3.8, 4) is 28.6 Å². The predicted molar refractivity (Wildman–Crippen MR) is 102 cm³/mol. The molecule has 0 spiro atoms. The molecular formula is C18H11Br2N3O2. The fraction of sp³-hybridized carbons (Fsp3) is 0. The number of aromatic hydroxyl groups is 1. The third kappa shape index (κ3) is 3.31. The van der Waals surface area contributed by atoms with Crippen molar-refractivity contribution >= 4 is 37.8 Å². The SMILES string of the molecule is N#Cc1cn(-c2ccc(C(N)=O)cc2)cc1-c1cc(Br)c(O)c(Br)c1. The average molecular weight is 461 g/mol. The second kappa shape index (κ2) is 6.75. The molecule has 0 atom stereocenters. The highest BCUT2D eigenvalue weighted by Gasteiger charge is 2.14. The van der Waals surface area contributed by atoms with Gasteiger partial charge < -0.3 is 15.4 Å². The zero-order chi connectivity index (χ0) is 18.1. The monoisotopic (exact) mass is 459 g/mol. The Morgan fingerprint density at radius 2 is 1.72 bits per heavy atom. The minimum absolute atomic E-state index is 0.101. The molecule has 0 aliphatic carbocycles. The smallest absolute Gasteiger partial charge is 0.248 e. The molecule has 3 aromatic rings. The lowest BCUT2D eigenvalue weighted by molar-refractivity contribution is 0.100. The number of phenolic OH excluding ortho intramolecular Hbond substituents is 1. The maximum atomic E-state index is 11.2. The molecule has 124 valence electrons. The molecule has 0 aliphatic rings. The summed E-state index contributed by atoms with van der Waals surface area (Å²) < 4.78 is 2.85. The van der Waals surface area contributed by atoms with Gasteiger partial charge in [0, 0.05) is 29.2 Å². The van der Waals surface area contributed by atoms with Crippen LogP contribution < -0.4 is 5.73 Å². The molecule has 1 heterocycles. The Balaban J connectivity index is 2.09. The van der Waals surface area contributed by atoms with E-state index in [1.54, 1.807) is 47.2 Å². The first-order chi connectivity index (χ1) is 11.9. The van der Waals surface area contributed by atoms with Crippen LogP contribution in [-0.2, 0) is 0 Å². The largest absolute Gasteiger partial charge is 0.506 e. The number of aromatic nitrogens is 1. The van der Waals surface area contributed by atoms with E-state index in [-0.39, 0.29) is 5.75 Å². The molecule has 0 saturated heterocycles. The van der Waals surface area contributed by atoms with E-state index in [4.69, 9.17) is 5.73 Å². The number of nitrogens with two attached hydrogens (primary N) is 1. The lowest BCUT2D eigenvalue weighted by atomic mass is 10.1. The third-order valence-corrected chi connectivity index (χ3v) is 4.93. The Morgan fingerprint density at radius 1 is 1.12 bits per heavy atom. The van der Waals surface area contributed by atoms with E-state index in [0.29, 0.717) is 20.1 Å². The normalized spacial score (nSPS) is 10.4. The summed E-state index contributed by atoms with van der Waals surface area (Å²) in [5.74, 6) is -0.389. The minimum Gasteiger partial charge on any atom is -0.506 e. The Labute approximate surface area is 160 Å². The van der Waals surface area contributed by atoms with Crippen LogP contribution >= 0.6 is 31.9 Å². The highest BCUT2D eigenvalue weighted by Crippen LogP contribution is 2.38. The lowest BCUT2D eigenvalue weighted by Gasteiger charge is -2.06. The molecule has 3 N–H and O–H groups in total. The summed E-state index contributed by atoms with van der Waals surface area (Å²) in [6.07, 6.45) is 3.53. The third-order valence-electron chi connectivity index (χ3n) is 3.72. The van der Waals surface area contributed by atoms with Gasteiger partial charge in [0.25, 0.3) is 0 Å². The summed E-state index contributed by atoms with van der Waals surface area (Å²) in [7, 11) is 0. The maximum absolute atomic E-state index is 11.2. The van der Waals surface area contributed by atoms with Crippen molar-refractivity contribution in [3.63, 3.8) is 0 Å². The number of primary amides is 1. The second-order valence-electron chi connectivity index (χ2n) is 5.30. The van der Waals surface area contributed by atoms with E-state index in [2.05, 4.69) is 37.9 Å². The number of phenols is 1. The Hall–Kier alpha value is -2.56. The number of benzene rings is 2. The molecule has 1 amide bonds. The summed E-state index contributed by atoms with van der Waals surface area (Å²) in [6.45, 7) is 0. The molecule has 0 bridgehead atoms. The number of nitriles is 1. The van der Waals surface area contributed by atoms with Gasteiger partial charge >= 0.3 is 0 Å². The zero-order valence-corrected chi connectivity index (χ0v) is 15.9. The van der Waals surface area contributed by atoms with Crippen LogP contribution in [0.2, 0.25) is 0 Å². The number of hydrogen-bond acceptors (Lipinski definition) is 3. The van der Waals surface area contributed by atoms with Gasteiger partial charge in [-0.3, -0.25) is 4.79 Å². The fourth-order valence-corrected chi connectivity index (χ4v) is 3.63. The van der Waals surface area contributed by atoms with E-state index in [0.717, 1.165) is 16.8 Å². The van der Waals surface area contributed by atoms with Crippen LogP contribution in [0.4, 0.5) is 0 Å². The molecular weight excluding hydrogens is 450 g/mol. The first kappa shape index (κ1) is 17.3. The summed E-state index contributed by atoms with van der Waals surface area (Å²) >= 11 is 6.60. The Kier molecular flexibility index (Phi) is 4.66. The van der Waals surface area contributed by atoms with Crippen molar-refractivity contribution in [1.82, 2.24) is 4.57 Å². The van der Waals surface area contributed by atoms with Gasteiger partial charge in [0.15, 0.2) is 0 Å². The van der Waals surface area contributed by atoms with Gasteiger partial charge in [-0.1, -0.05) is 0 Å². The number of hydrogen-bond donors (Lipinski definition) is 2. The number of carbonyl (C=O) groups excluding carboxylic acids is 1. The molecule has 1 aromatic heterocycles. The number of rotatable bonds is 3. The zero-order valence-electron chi connectivity index (χ0n) is 12.7. The van der Waals surface area contributed by atoms with Crippen LogP contribution in [0.1, 0.15) is 15.9 Å². The van der Waals surface area contributed by atoms with Gasteiger partial charge in [0.1, 0.15) is 11.8 Å². The molecule has 0 fully saturated rings. The Morgan fingerprint density at radius 3 is 2.24 bits per heavy atom. The quantitative estimate of drug-likeness (QED) is 0.608. The van der Waals surface area contributed by atoms with Crippen LogP contribution in [0.15, 0.2) is 57.7 Å². The van der Waals surface area contributed by atoms with Gasteiger partial charge in [0.05, 0.1) is 14.5 Å². The molecule has 3 rings (SSSR count). The first-order valence-electron chi connectivity index (χ1n) is 7.11. The molecule has 25 heavy (non-hydrogen) atoms. The van der Waals surface area contributed by atoms with Crippen molar-refractivity contribution < 1.29 is 9.90 Å². The van der Waals surface area contributed by atoms with Crippen molar-refractivity contribution in [2.45, 2.75) is 0 Å². The summed E-state index contributed by atoms with van der Waals surface area (Å²) in [5, 5.41) is 19.3. The Bertz CT molecular complexity index is 995. The van der Waals surface area contributed by atoms with Crippen LogP contribution in [0, 0.1) is 11.3 Å². The van der Waals surface area contributed by atoms with Crippen LogP contribution in [0.3, 0.4) is 0 Å². The van der Waals surface area contributed by atoms with Gasteiger partial charge in [0.2, 0.25) is 5.91 Å². The molecule has 0 aliphatic heterocycles. The van der Waals surface area contributed by atoms with Crippen LogP contribution in [0.25, 0.3) is 16.8 Å². The molecule has 5 nitrogen and oxygen atoms in total. The van der Waals surface area contributed by atoms with Crippen molar-refractivity contribution in [2.75, 3.05) is 0 Å². The van der Waals surface area contributed by atoms with Gasteiger partial charge in [-0.05, 0) is 73.8 Å². The average Bonchev–Trinajstić information content (AvgIpc) is 3.03. The molecule has 2 aromatic carbocycles. The van der Waals surface area contributed by atoms with Crippen LogP contribution in [0.5, 0.6) is 5.75 Å². The second-order valence-corrected chi connectivity index (χ2v) is 7.01. The number of nitrogens with zero attached hydrogens (tertiary/aromatic N) is 2. The molecule has 0 saturated carbocycles. The molecule has 0 radical (unpaired) electrons. The fourth-order valence-electron chi connectivity index (χ4n) is 2.44. The topological polar surface area (TPSA) is 92.0 Å². The van der Waals surface area contributed by atoms with E-state index in [1.165, 1.54) is 0 Å². The lowest BCUT2D eigenvalue weighted by Crippen LogP contribution is -2.10. The van der Waals surface area contributed by atoms with E-state index in [1.807, 2.05) is 6.20 Å². The predicted octanol–water partition coefficient (Wildman–Crippen LogP) is 4.35. The molecule has 0 unspecified atom stereocenters. The van der Waals surface area contributed by atoms with E-state index >= 15 is 0 Å². The number of carbonyl (C=O) groups is 1. The summed E-state index contributed by atoms with van der Waals surface area (Å²) in [5.41, 5.74) is 8.46. The minimum atomic E-state index is -0.490.